The van der Waals surface area contributed by atoms with Crippen LogP contribution in [-0.2, 0) is 6.42 Å². The molecule has 1 unspecified atom stereocenters. The molecule has 1 aromatic heterocycles. The molecule has 0 saturated heterocycles. The second-order valence-electron chi connectivity index (χ2n) is 5.29. The maximum Gasteiger partial charge on any atom is 0.191 e. The fourth-order valence-electron chi connectivity index (χ4n) is 2.25. The molecule has 128 valence electrons. The zero-order valence-corrected chi connectivity index (χ0v) is 17.6. The molecule has 0 aliphatic carbocycles. The summed E-state index contributed by atoms with van der Waals surface area (Å²) in [5.74, 6) is 0.892. The highest BCUT2D eigenvalue weighted by Crippen LogP contribution is 2.16. The first-order valence-electron chi connectivity index (χ1n) is 7.83. The largest absolute Gasteiger partial charge is 0.355 e. The van der Waals surface area contributed by atoms with Gasteiger partial charge in [0.2, 0.25) is 0 Å². The molecule has 0 bridgehead atoms. The molecule has 0 saturated carbocycles. The van der Waals surface area contributed by atoms with Crippen molar-refractivity contribution in [2.45, 2.75) is 40.2 Å². The van der Waals surface area contributed by atoms with Crippen LogP contribution >= 0.6 is 35.3 Å². The lowest BCUT2D eigenvalue weighted by Gasteiger charge is -2.21. The Morgan fingerprint density at radius 3 is 2.50 bits per heavy atom. The first-order valence-corrected chi connectivity index (χ1v) is 8.65. The van der Waals surface area contributed by atoms with E-state index in [2.05, 4.69) is 60.4 Å². The Morgan fingerprint density at radius 1 is 1.32 bits per heavy atom. The Labute approximate surface area is 156 Å². The summed E-state index contributed by atoms with van der Waals surface area (Å²) in [4.78, 5) is 9.50. The van der Waals surface area contributed by atoms with E-state index in [1.807, 2.05) is 18.4 Å². The van der Waals surface area contributed by atoms with Gasteiger partial charge < -0.3 is 15.5 Å². The number of aryl methyl sites for hydroxylation is 1. The molecule has 0 aromatic carbocycles. The molecular weight excluding hydrogens is 407 g/mol. The van der Waals surface area contributed by atoms with Crippen molar-refractivity contribution in [2.75, 3.05) is 33.2 Å². The topological polar surface area (TPSA) is 39.7 Å². The van der Waals surface area contributed by atoms with E-state index in [-0.39, 0.29) is 24.0 Å². The van der Waals surface area contributed by atoms with Crippen LogP contribution in [0, 0.1) is 6.92 Å². The first kappa shape index (κ1) is 21.7. The molecule has 6 heteroatoms. The quantitative estimate of drug-likeness (QED) is 0.372. The summed E-state index contributed by atoms with van der Waals surface area (Å²) in [6.07, 6.45) is 1.04. The summed E-state index contributed by atoms with van der Waals surface area (Å²) in [5, 5.41) is 6.85. The number of nitrogens with zero attached hydrogens (tertiary/aromatic N) is 2. The zero-order valence-electron chi connectivity index (χ0n) is 14.5. The Hall–Kier alpha value is -0.340. The van der Waals surface area contributed by atoms with E-state index in [1.54, 1.807) is 0 Å². The summed E-state index contributed by atoms with van der Waals surface area (Å²) in [7, 11) is 1.83. The number of thiophene rings is 1. The van der Waals surface area contributed by atoms with E-state index in [0.717, 1.165) is 38.6 Å². The maximum absolute atomic E-state index is 4.30. The predicted octanol–water partition coefficient (Wildman–Crippen LogP) is 3.11. The minimum Gasteiger partial charge on any atom is -0.355 e. The van der Waals surface area contributed by atoms with Crippen molar-refractivity contribution in [1.82, 2.24) is 15.5 Å². The standard InChI is InChI=1S/C16H30N4S.HI/c1-6-20(7-2)11-10-18-16(17-5)19-13(3)12-15-9-8-14(4)21-15;/h8-9,13H,6-7,10-12H2,1-5H3,(H2,17,18,19);1H. The SMILES string of the molecule is CCN(CC)CCNC(=NC)NC(C)Cc1ccc(C)s1.I. The molecule has 1 atom stereocenters. The Balaban J connectivity index is 0.00000441. The van der Waals surface area contributed by atoms with Crippen molar-refractivity contribution in [3.8, 4) is 0 Å². The van der Waals surface area contributed by atoms with Crippen molar-refractivity contribution in [2.24, 2.45) is 4.99 Å². The van der Waals surface area contributed by atoms with Gasteiger partial charge in [-0.25, -0.2) is 0 Å². The number of hydrogen-bond donors (Lipinski definition) is 2. The fraction of sp³-hybridized carbons (Fsp3) is 0.688. The molecule has 0 spiro atoms. The van der Waals surface area contributed by atoms with Gasteiger partial charge in [-0.3, -0.25) is 4.99 Å². The van der Waals surface area contributed by atoms with Gasteiger partial charge in [0, 0.05) is 42.4 Å². The number of aliphatic imine (C=N–C) groups is 1. The monoisotopic (exact) mass is 438 g/mol. The lowest BCUT2D eigenvalue weighted by molar-refractivity contribution is 0.308. The average molecular weight is 438 g/mol. The lowest BCUT2D eigenvalue weighted by atomic mass is 10.2. The minimum atomic E-state index is 0. The molecule has 2 N–H and O–H groups in total. The molecule has 1 heterocycles. The Bertz CT molecular complexity index is 430. The number of nitrogens with one attached hydrogen (secondary N) is 2. The number of guanidine groups is 1. The van der Waals surface area contributed by atoms with Gasteiger partial charge in [0.1, 0.15) is 0 Å². The third-order valence-electron chi connectivity index (χ3n) is 3.53. The highest BCUT2D eigenvalue weighted by Gasteiger charge is 2.08. The van der Waals surface area contributed by atoms with Crippen LogP contribution in [0.25, 0.3) is 0 Å². The number of halogens is 1. The highest BCUT2D eigenvalue weighted by atomic mass is 127. The molecule has 1 rings (SSSR count). The van der Waals surface area contributed by atoms with Crippen molar-refractivity contribution in [3.05, 3.63) is 21.9 Å². The second-order valence-corrected chi connectivity index (χ2v) is 6.66. The van der Waals surface area contributed by atoms with Crippen LogP contribution in [0.1, 0.15) is 30.5 Å². The molecular formula is C16H31IN4S. The number of likely N-dealkylation sites (N-methyl/N-ethyl adjacent to an activating group) is 1. The Morgan fingerprint density at radius 2 is 2.00 bits per heavy atom. The van der Waals surface area contributed by atoms with Gasteiger partial charge >= 0.3 is 0 Å². The third-order valence-corrected chi connectivity index (χ3v) is 4.55. The van der Waals surface area contributed by atoms with Gasteiger partial charge in [-0.2, -0.15) is 0 Å². The van der Waals surface area contributed by atoms with Gasteiger partial charge in [-0.1, -0.05) is 13.8 Å². The van der Waals surface area contributed by atoms with Crippen molar-refractivity contribution in [1.29, 1.82) is 0 Å². The zero-order chi connectivity index (χ0) is 15.7. The van der Waals surface area contributed by atoms with E-state index < -0.39 is 0 Å². The summed E-state index contributed by atoms with van der Waals surface area (Å²) in [6.45, 7) is 12.9. The van der Waals surface area contributed by atoms with Gasteiger partial charge in [0.05, 0.1) is 0 Å². The van der Waals surface area contributed by atoms with E-state index in [4.69, 9.17) is 0 Å². The summed E-state index contributed by atoms with van der Waals surface area (Å²) in [6, 6.07) is 4.78. The number of hydrogen-bond acceptors (Lipinski definition) is 3. The van der Waals surface area contributed by atoms with Gasteiger partial charge in [-0.05, 0) is 39.1 Å². The maximum atomic E-state index is 4.30. The van der Waals surface area contributed by atoms with E-state index in [1.165, 1.54) is 9.75 Å². The van der Waals surface area contributed by atoms with Crippen molar-refractivity contribution in [3.63, 3.8) is 0 Å². The summed E-state index contributed by atoms with van der Waals surface area (Å²) < 4.78 is 0. The predicted molar refractivity (Wildman–Crippen MR) is 110 cm³/mol. The molecule has 0 aliphatic rings. The second kappa shape index (κ2) is 12.1. The third kappa shape index (κ3) is 8.33. The molecule has 22 heavy (non-hydrogen) atoms. The number of rotatable bonds is 8. The van der Waals surface area contributed by atoms with E-state index in [0.29, 0.717) is 6.04 Å². The highest BCUT2D eigenvalue weighted by molar-refractivity contribution is 14.0. The molecule has 4 nitrogen and oxygen atoms in total. The fourth-order valence-corrected chi connectivity index (χ4v) is 3.27. The van der Waals surface area contributed by atoms with Crippen LogP contribution < -0.4 is 10.6 Å². The summed E-state index contributed by atoms with van der Waals surface area (Å²) >= 11 is 1.87. The van der Waals surface area contributed by atoms with Crippen LogP contribution in [0.4, 0.5) is 0 Å². The van der Waals surface area contributed by atoms with Crippen molar-refractivity contribution < 1.29 is 0 Å². The van der Waals surface area contributed by atoms with Crippen LogP contribution in [0.3, 0.4) is 0 Å². The first-order chi connectivity index (χ1) is 10.1. The van der Waals surface area contributed by atoms with Gasteiger partial charge in [0.15, 0.2) is 5.96 Å². The molecule has 0 amide bonds. The van der Waals surface area contributed by atoms with Crippen LogP contribution in [0.5, 0.6) is 0 Å². The van der Waals surface area contributed by atoms with Crippen LogP contribution in [-0.4, -0.2) is 50.1 Å². The molecule has 0 radical (unpaired) electrons. The summed E-state index contributed by atoms with van der Waals surface area (Å²) in [5.41, 5.74) is 0. The van der Waals surface area contributed by atoms with Crippen LogP contribution in [0.15, 0.2) is 17.1 Å². The molecule has 1 aromatic rings. The van der Waals surface area contributed by atoms with Gasteiger partial charge in [0.25, 0.3) is 0 Å². The average Bonchev–Trinajstić information content (AvgIpc) is 2.87. The lowest BCUT2D eigenvalue weighted by Crippen LogP contribution is -2.45. The Kier molecular flexibility index (Phi) is 11.9. The van der Waals surface area contributed by atoms with Crippen molar-refractivity contribution >= 4 is 41.3 Å². The van der Waals surface area contributed by atoms with E-state index in [9.17, 15) is 0 Å². The smallest absolute Gasteiger partial charge is 0.191 e. The molecule has 0 fully saturated rings. The van der Waals surface area contributed by atoms with Crippen LogP contribution in [0.2, 0.25) is 0 Å². The van der Waals surface area contributed by atoms with Gasteiger partial charge in [-0.15, -0.1) is 35.3 Å². The van der Waals surface area contributed by atoms with E-state index >= 15 is 0 Å². The molecule has 0 aliphatic heterocycles. The minimum absolute atomic E-state index is 0. The normalized spacial score (nSPS) is 12.9.